The van der Waals surface area contributed by atoms with Crippen LogP contribution in [0.15, 0.2) is 46.1 Å². The van der Waals surface area contributed by atoms with Crippen molar-refractivity contribution in [3.63, 3.8) is 0 Å². The summed E-state index contributed by atoms with van der Waals surface area (Å²) in [5, 5.41) is 11.8. The van der Waals surface area contributed by atoms with Crippen molar-refractivity contribution >= 4 is 17.8 Å². The number of aromatic nitrogens is 1. The van der Waals surface area contributed by atoms with E-state index in [9.17, 15) is 9.59 Å². The van der Waals surface area contributed by atoms with E-state index in [-0.39, 0.29) is 11.9 Å². The fourth-order valence-corrected chi connectivity index (χ4v) is 2.65. The Bertz CT molecular complexity index is 839. The van der Waals surface area contributed by atoms with E-state index >= 15 is 0 Å². The molecule has 0 bridgehead atoms. The lowest BCUT2D eigenvalue weighted by Crippen LogP contribution is -2.45. The third-order valence-corrected chi connectivity index (χ3v) is 3.83. The van der Waals surface area contributed by atoms with Crippen LogP contribution in [0, 0.1) is 6.92 Å². The SMILES string of the molecule is COc1ccc(C2NC(=O)NC(C)=C2C(=O)Nc2cc(C)on2)cc1. The molecule has 1 aromatic carbocycles. The molecule has 8 nitrogen and oxygen atoms in total. The number of hydrogen-bond donors (Lipinski definition) is 3. The molecule has 8 heteroatoms. The summed E-state index contributed by atoms with van der Waals surface area (Å²) >= 11 is 0. The Morgan fingerprint density at radius 1 is 1.28 bits per heavy atom. The van der Waals surface area contributed by atoms with Crippen LogP contribution in [0.3, 0.4) is 0 Å². The minimum atomic E-state index is -0.590. The van der Waals surface area contributed by atoms with Crippen LogP contribution < -0.4 is 20.7 Å². The van der Waals surface area contributed by atoms with Gasteiger partial charge in [0.2, 0.25) is 0 Å². The highest BCUT2D eigenvalue weighted by molar-refractivity contribution is 6.06. The number of nitrogens with one attached hydrogen (secondary N) is 3. The van der Waals surface area contributed by atoms with Crippen LogP contribution in [-0.2, 0) is 4.79 Å². The van der Waals surface area contributed by atoms with E-state index in [0.717, 1.165) is 5.56 Å². The lowest BCUT2D eigenvalue weighted by Gasteiger charge is -2.28. The predicted octanol–water partition coefficient (Wildman–Crippen LogP) is 2.26. The Labute approximate surface area is 144 Å². The van der Waals surface area contributed by atoms with Crippen molar-refractivity contribution in [3.8, 4) is 5.75 Å². The van der Waals surface area contributed by atoms with Gasteiger partial charge in [-0.15, -0.1) is 0 Å². The number of allylic oxidation sites excluding steroid dienone is 1. The standard InChI is InChI=1S/C17H18N4O4/c1-9-8-13(21-25-9)19-16(22)14-10(2)18-17(23)20-15(14)11-4-6-12(24-3)7-5-11/h4-8,15H,1-3H3,(H2,18,20,23)(H,19,21,22). The lowest BCUT2D eigenvalue weighted by molar-refractivity contribution is -0.113. The monoisotopic (exact) mass is 342 g/mol. The highest BCUT2D eigenvalue weighted by atomic mass is 16.5. The molecule has 2 heterocycles. The minimum Gasteiger partial charge on any atom is -0.497 e. The summed E-state index contributed by atoms with van der Waals surface area (Å²) in [6, 6.07) is 7.81. The van der Waals surface area contributed by atoms with Gasteiger partial charge in [0, 0.05) is 11.8 Å². The number of amides is 3. The first-order valence-corrected chi connectivity index (χ1v) is 7.65. The zero-order valence-electron chi connectivity index (χ0n) is 14.0. The first-order chi connectivity index (χ1) is 12.0. The Hall–Kier alpha value is -3.29. The molecule has 130 valence electrons. The number of carbonyl (C=O) groups is 2. The van der Waals surface area contributed by atoms with Crippen molar-refractivity contribution in [3.05, 3.63) is 52.9 Å². The zero-order valence-corrected chi connectivity index (χ0v) is 14.0. The minimum absolute atomic E-state index is 0.313. The van der Waals surface area contributed by atoms with E-state index in [2.05, 4.69) is 21.1 Å². The van der Waals surface area contributed by atoms with Gasteiger partial charge in [-0.25, -0.2) is 4.79 Å². The van der Waals surface area contributed by atoms with Crippen LogP contribution in [0.1, 0.15) is 24.3 Å². The van der Waals surface area contributed by atoms with Gasteiger partial charge in [0.15, 0.2) is 5.82 Å². The maximum atomic E-state index is 12.7. The molecule has 0 fully saturated rings. The van der Waals surface area contributed by atoms with Gasteiger partial charge >= 0.3 is 6.03 Å². The molecule has 3 rings (SSSR count). The smallest absolute Gasteiger partial charge is 0.319 e. The molecule has 25 heavy (non-hydrogen) atoms. The molecular weight excluding hydrogens is 324 g/mol. The second kappa shape index (κ2) is 6.68. The topological polar surface area (TPSA) is 105 Å². The number of ether oxygens (including phenoxy) is 1. The summed E-state index contributed by atoms with van der Waals surface area (Å²) in [6.45, 7) is 3.41. The Balaban J connectivity index is 1.92. The van der Waals surface area contributed by atoms with Gasteiger partial charge in [0.1, 0.15) is 11.5 Å². The molecule has 1 unspecified atom stereocenters. The first kappa shape index (κ1) is 16.6. The maximum absolute atomic E-state index is 12.7. The Morgan fingerprint density at radius 2 is 2.00 bits per heavy atom. The molecule has 3 amide bonds. The normalized spacial score (nSPS) is 16.9. The summed E-state index contributed by atoms with van der Waals surface area (Å²) in [7, 11) is 1.57. The number of aryl methyl sites for hydroxylation is 1. The average Bonchev–Trinajstić information content (AvgIpc) is 2.99. The molecule has 2 aromatic rings. The van der Waals surface area contributed by atoms with Crippen molar-refractivity contribution in [2.75, 3.05) is 12.4 Å². The largest absolute Gasteiger partial charge is 0.497 e. The van der Waals surface area contributed by atoms with Gasteiger partial charge in [0.25, 0.3) is 5.91 Å². The Morgan fingerprint density at radius 3 is 2.60 bits per heavy atom. The highest BCUT2D eigenvalue weighted by Gasteiger charge is 2.31. The fourth-order valence-electron chi connectivity index (χ4n) is 2.65. The van der Waals surface area contributed by atoms with Crippen LogP contribution in [0.2, 0.25) is 0 Å². The summed E-state index contributed by atoms with van der Waals surface area (Å²) in [6.07, 6.45) is 0. The third-order valence-electron chi connectivity index (χ3n) is 3.83. The maximum Gasteiger partial charge on any atom is 0.319 e. The van der Waals surface area contributed by atoms with Crippen LogP contribution in [-0.4, -0.2) is 24.2 Å². The molecule has 1 atom stereocenters. The quantitative estimate of drug-likeness (QED) is 0.790. The summed E-state index contributed by atoms with van der Waals surface area (Å²) in [5.74, 6) is 1.21. The third kappa shape index (κ3) is 3.47. The number of carbonyl (C=O) groups excluding carboxylic acids is 2. The van der Waals surface area contributed by atoms with Crippen molar-refractivity contribution < 1.29 is 18.8 Å². The van der Waals surface area contributed by atoms with Crippen LogP contribution in [0.4, 0.5) is 10.6 Å². The molecule has 0 saturated heterocycles. The molecule has 0 aliphatic carbocycles. The van der Waals surface area contributed by atoms with E-state index in [1.165, 1.54) is 0 Å². The number of benzene rings is 1. The summed E-state index contributed by atoms with van der Waals surface area (Å²) in [4.78, 5) is 24.6. The van der Waals surface area contributed by atoms with Crippen LogP contribution in [0.25, 0.3) is 0 Å². The molecule has 1 aromatic heterocycles. The summed E-state index contributed by atoms with van der Waals surface area (Å²) < 4.78 is 10.1. The van der Waals surface area contributed by atoms with E-state index in [1.54, 1.807) is 51.3 Å². The number of anilines is 1. The number of methoxy groups -OCH3 is 1. The molecule has 0 radical (unpaired) electrons. The van der Waals surface area contributed by atoms with Gasteiger partial charge < -0.3 is 25.2 Å². The molecule has 0 spiro atoms. The number of nitrogens with zero attached hydrogens (tertiary/aromatic N) is 1. The van der Waals surface area contributed by atoms with E-state index in [1.807, 2.05) is 0 Å². The Kier molecular flexibility index (Phi) is 4.42. The van der Waals surface area contributed by atoms with Gasteiger partial charge in [-0.05, 0) is 31.5 Å². The van der Waals surface area contributed by atoms with Crippen LogP contribution in [0.5, 0.6) is 5.75 Å². The first-order valence-electron chi connectivity index (χ1n) is 7.65. The molecule has 1 aliphatic rings. The van der Waals surface area contributed by atoms with Crippen LogP contribution >= 0.6 is 0 Å². The van der Waals surface area contributed by atoms with E-state index in [0.29, 0.717) is 28.6 Å². The molecule has 0 saturated carbocycles. The summed E-state index contributed by atoms with van der Waals surface area (Å²) in [5.41, 5.74) is 1.63. The lowest BCUT2D eigenvalue weighted by atomic mass is 9.95. The van der Waals surface area contributed by atoms with Crippen molar-refractivity contribution in [1.82, 2.24) is 15.8 Å². The molecular formula is C17H18N4O4. The molecule has 3 N–H and O–H groups in total. The predicted molar refractivity (Wildman–Crippen MR) is 90.0 cm³/mol. The fraction of sp³-hybridized carbons (Fsp3) is 0.235. The van der Waals surface area contributed by atoms with Gasteiger partial charge in [0.05, 0.1) is 18.7 Å². The number of urea groups is 1. The highest BCUT2D eigenvalue weighted by Crippen LogP contribution is 2.28. The van der Waals surface area contributed by atoms with Gasteiger partial charge in [-0.1, -0.05) is 17.3 Å². The number of hydrogen-bond acceptors (Lipinski definition) is 5. The number of rotatable bonds is 4. The zero-order chi connectivity index (χ0) is 18.0. The molecule has 1 aliphatic heterocycles. The average molecular weight is 342 g/mol. The second-order valence-electron chi connectivity index (χ2n) is 5.62. The van der Waals surface area contributed by atoms with Crippen molar-refractivity contribution in [1.29, 1.82) is 0 Å². The second-order valence-corrected chi connectivity index (χ2v) is 5.62. The van der Waals surface area contributed by atoms with Crippen molar-refractivity contribution in [2.45, 2.75) is 19.9 Å². The van der Waals surface area contributed by atoms with Crippen molar-refractivity contribution in [2.24, 2.45) is 0 Å². The van der Waals surface area contributed by atoms with Gasteiger partial charge in [-0.2, -0.15) is 0 Å². The van der Waals surface area contributed by atoms with E-state index < -0.39 is 6.04 Å². The van der Waals surface area contributed by atoms with E-state index in [4.69, 9.17) is 9.26 Å². The van der Waals surface area contributed by atoms with Gasteiger partial charge in [-0.3, -0.25) is 4.79 Å².